The molecule has 0 radical (unpaired) electrons. The maximum absolute atomic E-state index is 6.62. The van der Waals surface area contributed by atoms with Crippen LogP contribution in [0, 0.1) is 18.5 Å². The molecule has 10 aromatic rings. The SMILES string of the molecule is CC1(C)c2cccnc2-n2c3[c-]c(Oc4[c-]c(-n5[c-][n+]6c7c(cccc75)-c5ccccc5-c5ccccc5-c5ccccc5-6)ccc4)ccc3c3cccc1c32.[Pd]. The molecule has 274 valence electrons. The quantitative estimate of drug-likeness (QED) is 0.101. The van der Waals surface area contributed by atoms with Crippen molar-refractivity contribution < 1.29 is 29.7 Å². The minimum absolute atomic E-state index is 0. The first-order valence-electron chi connectivity index (χ1n) is 19.0. The van der Waals surface area contributed by atoms with Crippen LogP contribution in [0.4, 0.5) is 0 Å². The zero-order chi connectivity index (χ0) is 37.1. The van der Waals surface area contributed by atoms with E-state index >= 15 is 0 Å². The number of pyridine rings is 1. The molecule has 0 amide bonds. The summed E-state index contributed by atoms with van der Waals surface area (Å²) in [4.78, 5) is 4.91. The molecule has 0 atom stereocenters. The van der Waals surface area contributed by atoms with Gasteiger partial charge in [-0.3, -0.25) is 4.57 Å². The first kappa shape index (κ1) is 33.7. The summed E-state index contributed by atoms with van der Waals surface area (Å²) in [5.74, 6) is 2.14. The van der Waals surface area contributed by atoms with Crippen molar-refractivity contribution in [2.24, 2.45) is 0 Å². The standard InChI is InChI=1S/C51H32N4O.Pd/c1-51(2)43-22-10-20-42-40-27-26-34(30-47(40)55(48(42)43)50-44(51)23-12-28-52-50)56-33-14-9-13-32(29-33)53-31-54-45-24-8-7-19-39(45)37-17-5-3-15-35(37)36-16-4-6-18-38(36)41-21-11-25-46(53)49(41)54;/h3-28H,1-2H3;/q-2;. The van der Waals surface area contributed by atoms with E-state index in [0.29, 0.717) is 11.5 Å². The molecule has 0 spiro atoms. The molecule has 0 fully saturated rings. The second-order valence-electron chi connectivity index (χ2n) is 15.2. The summed E-state index contributed by atoms with van der Waals surface area (Å²) in [7, 11) is 0. The zero-order valence-corrected chi connectivity index (χ0v) is 32.6. The minimum atomic E-state index is -0.187. The molecule has 3 aromatic heterocycles. The van der Waals surface area contributed by atoms with Gasteiger partial charge in [-0.1, -0.05) is 129 Å². The van der Waals surface area contributed by atoms with Gasteiger partial charge in [0, 0.05) is 54.6 Å². The van der Waals surface area contributed by atoms with E-state index < -0.39 is 0 Å². The largest absolute Gasteiger partial charge is 0.510 e. The van der Waals surface area contributed by atoms with Crippen LogP contribution in [0.15, 0.2) is 158 Å². The van der Waals surface area contributed by atoms with Crippen LogP contribution in [0.25, 0.3) is 83.4 Å². The number of fused-ring (bicyclic) bond motifs is 12. The molecule has 0 aliphatic carbocycles. The number of nitrogens with zero attached hydrogens (tertiary/aromatic N) is 4. The van der Waals surface area contributed by atoms with E-state index in [1.165, 1.54) is 44.3 Å². The van der Waals surface area contributed by atoms with E-state index in [9.17, 15) is 0 Å². The second kappa shape index (κ2) is 12.5. The number of para-hydroxylation sites is 3. The van der Waals surface area contributed by atoms with Gasteiger partial charge in [0.05, 0.1) is 16.7 Å². The van der Waals surface area contributed by atoms with Crippen LogP contribution in [-0.4, -0.2) is 14.1 Å². The maximum atomic E-state index is 6.62. The Labute approximate surface area is 343 Å². The van der Waals surface area contributed by atoms with Crippen LogP contribution >= 0.6 is 0 Å². The van der Waals surface area contributed by atoms with E-state index in [2.05, 4.69) is 173 Å². The van der Waals surface area contributed by atoms with Crippen molar-refractivity contribution in [1.29, 1.82) is 0 Å². The van der Waals surface area contributed by atoms with Gasteiger partial charge in [-0.25, -0.2) is 4.98 Å². The van der Waals surface area contributed by atoms with Crippen LogP contribution in [0.2, 0.25) is 0 Å². The molecule has 2 aliphatic rings. The third-order valence-corrected chi connectivity index (χ3v) is 11.8. The van der Waals surface area contributed by atoms with E-state index in [0.717, 1.165) is 50.3 Å². The topological polar surface area (TPSA) is 35.9 Å². The zero-order valence-electron chi connectivity index (χ0n) is 31.0. The molecule has 7 aromatic carbocycles. The van der Waals surface area contributed by atoms with Crippen LogP contribution in [0.1, 0.15) is 25.0 Å². The van der Waals surface area contributed by atoms with E-state index in [1.54, 1.807) is 0 Å². The first-order chi connectivity index (χ1) is 27.5. The molecule has 0 bridgehead atoms. The van der Waals surface area contributed by atoms with Crippen LogP contribution in [0.3, 0.4) is 0 Å². The van der Waals surface area contributed by atoms with Gasteiger partial charge in [0.2, 0.25) is 0 Å². The summed E-state index contributed by atoms with van der Waals surface area (Å²) in [6, 6.07) is 60.7. The molecular formula is C51H32N4OPd-2. The van der Waals surface area contributed by atoms with Gasteiger partial charge in [-0.2, -0.15) is 18.2 Å². The summed E-state index contributed by atoms with van der Waals surface area (Å²) in [5, 5.41) is 2.31. The molecule has 0 N–H and O–H groups in total. The van der Waals surface area contributed by atoms with Gasteiger partial charge in [0.25, 0.3) is 6.33 Å². The van der Waals surface area contributed by atoms with Crippen LogP contribution < -0.4 is 9.30 Å². The van der Waals surface area contributed by atoms with Gasteiger partial charge in [-0.05, 0) is 62.2 Å². The summed E-state index contributed by atoms with van der Waals surface area (Å²) in [5.41, 5.74) is 15.4. The predicted octanol–water partition coefficient (Wildman–Crippen LogP) is 11.5. The Morgan fingerprint density at radius 1 is 0.579 bits per heavy atom. The Morgan fingerprint density at radius 3 is 2.04 bits per heavy atom. The van der Waals surface area contributed by atoms with Crippen molar-refractivity contribution >= 4 is 32.8 Å². The summed E-state index contributed by atoms with van der Waals surface area (Å²) in [6.45, 7) is 4.56. The first-order valence-corrected chi connectivity index (χ1v) is 19.0. The van der Waals surface area contributed by atoms with Crippen molar-refractivity contribution in [3.8, 4) is 62.1 Å². The Kier molecular flexibility index (Phi) is 7.38. The number of rotatable bonds is 3. The summed E-state index contributed by atoms with van der Waals surface area (Å²) < 4.78 is 13.2. The number of hydrogen-bond acceptors (Lipinski definition) is 2. The summed E-state index contributed by atoms with van der Waals surface area (Å²) in [6.07, 6.45) is 5.64. The third kappa shape index (κ3) is 4.78. The average Bonchev–Trinajstić information content (AvgIpc) is 3.80. The number of aromatic nitrogens is 4. The van der Waals surface area contributed by atoms with Crippen molar-refractivity contribution in [2.75, 3.05) is 0 Å². The fraction of sp³-hybridized carbons (Fsp3) is 0.0588. The molecule has 0 saturated carbocycles. The van der Waals surface area contributed by atoms with Crippen molar-refractivity contribution in [1.82, 2.24) is 14.1 Å². The molecule has 5 nitrogen and oxygen atoms in total. The minimum Gasteiger partial charge on any atom is -0.510 e. The maximum Gasteiger partial charge on any atom is 0.268 e. The van der Waals surface area contributed by atoms with Gasteiger partial charge in [-0.15, -0.1) is 29.7 Å². The van der Waals surface area contributed by atoms with E-state index in [-0.39, 0.29) is 25.8 Å². The Balaban J connectivity index is 0.00000374. The Bertz CT molecular complexity index is 3280. The third-order valence-electron chi connectivity index (χ3n) is 11.8. The Hall–Kier alpha value is -6.58. The van der Waals surface area contributed by atoms with Crippen molar-refractivity contribution in [3.63, 3.8) is 0 Å². The number of ether oxygens (including phenoxy) is 1. The smallest absolute Gasteiger partial charge is 0.268 e. The molecule has 0 saturated heterocycles. The van der Waals surface area contributed by atoms with Gasteiger partial charge in [0.15, 0.2) is 0 Å². The van der Waals surface area contributed by atoms with Gasteiger partial charge in [0.1, 0.15) is 5.82 Å². The molecule has 2 aliphatic heterocycles. The predicted molar refractivity (Wildman–Crippen MR) is 222 cm³/mol. The fourth-order valence-electron chi connectivity index (χ4n) is 9.23. The summed E-state index contributed by atoms with van der Waals surface area (Å²) >= 11 is 0. The van der Waals surface area contributed by atoms with E-state index in [4.69, 9.17) is 9.72 Å². The number of hydrogen-bond donors (Lipinski definition) is 0. The second-order valence-corrected chi connectivity index (χ2v) is 15.2. The number of benzene rings is 7. The molecule has 5 heterocycles. The molecule has 12 rings (SSSR count). The van der Waals surface area contributed by atoms with Crippen LogP contribution in [0.5, 0.6) is 11.5 Å². The van der Waals surface area contributed by atoms with Crippen LogP contribution in [-0.2, 0) is 25.8 Å². The molecule has 0 unspecified atom stereocenters. The van der Waals surface area contributed by atoms with Crippen molar-refractivity contribution in [2.45, 2.75) is 19.3 Å². The number of imidazole rings is 1. The van der Waals surface area contributed by atoms with Gasteiger partial charge >= 0.3 is 0 Å². The Morgan fingerprint density at radius 2 is 1.23 bits per heavy atom. The normalized spacial score (nSPS) is 13.1. The molecular weight excluding hydrogens is 791 g/mol. The molecule has 6 heteroatoms. The fourth-order valence-corrected chi connectivity index (χ4v) is 9.23. The molecule has 57 heavy (non-hydrogen) atoms. The average molecular weight is 823 g/mol. The van der Waals surface area contributed by atoms with Crippen molar-refractivity contribution in [3.05, 3.63) is 187 Å². The monoisotopic (exact) mass is 822 g/mol. The van der Waals surface area contributed by atoms with Gasteiger partial charge < -0.3 is 13.9 Å². The van der Waals surface area contributed by atoms with E-state index in [1.807, 2.05) is 30.5 Å².